The van der Waals surface area contributed by atoms with E-state index in [0.29, 0.717) is 5.92 Å². The summed E-state index contributed by atoms with van der Waals surface area (Å²) in [7, 11) is 2.03. The second-order valence-electron chi connectivity index (χ2n) is 5.19. The van der Waals surface area contributed by atoms with E-state index in [2.05, 4.69) is 36.5 Å². The number of furan rings is 1. The van der Waals surface area contributed by atoms with Crippen molar-refractivity contribution in [1.82, 2.24) is 5.32 Å². The molecule has 2 atom stereocenters. The lowest BCUT2D eigenvalue weighted by atomic mass is 9.72. The molecule has 90 valence electrons. The van der Waals surface area contributed by atoms with Crippen LogP contribution in [0.25, 0.3) is 11.0 Å². The van der Waals surface area contributed by atoms with Crippen molar-refractivity contribution in [3.8, 4) is 0 Å². The maximum absolute atomic E-state index is 5.98. The third-order valence-electron chi connectivity index (χ3n) is 3.94. The first kappa shape index (κ1) is 10.8. The van der Waals surface area contributed by atoms with E-state index in [9.17, 15) is 0 Å². The van der Waals surface area contributed by atoms with E-state index in [4.69, 9.17) is 4.42 Å². The minimum atomic E-state index is 0.621. The van der Waals surface area contributed by atoms with Crippen LogP contribution in [-0.2, 0) is 0 Å². The number of hydrogen-bond donors (Lipinski definition) is 1. The predicted molar refractivity (Wildman–Crippen MR) is 70.3 cm³/mol. The summed E-state index contributed by atoms with van der Waals surface area (Å²) in [6.45, 7) is 3.22. The van der Waals surface area contributed by atoms with Crippen molar-refractivity contribution in [1.29, 1.82) is 0 Å². The van der Waals surface area contributed by atoms with Crippen LogP contribution in [0.15, 0.2) is 28.7 Å². The van der Waals surface area contributed by atoms with Gasteiger partial charge in [0, 0.05) is 11.3 Å². The van der Waals surface area contributed by atoms with E-state index >= 15 is 0 Å². The van der Waals surface area contributed by atoms with Crippen LogP contribution in [0.4, 0.5) is 0 Å². The molecule has 1 aliphatic rings. The number of fused-ring (bicyclic) bond motifs is 1. The number of benzene rings is 1. The van der Waals surface area contributed by atoms with Gasteiger partial charge in [-0.2, -0.15) is 0 Å². The normalized spacial score (nSPS) is 23.9. The quantitative estimate of drug-likeness (QED) is 0.872. The van der Waals surface area contributed by atoms with Crippen molar-refractivity contribution < 1.29 is 4.42 Å². The smallest absolute Gasteiger partial charge is 0.134 e. The molecule has 3 rings (SSSR count). The molecular weight excluding hydrogens is 210 g/mol. The Kier molecular flexibility index (Phi) is 2.67. The first-order valence-corrected chi connectivity index (χ1v) is 6.42. The third kappa shape index (κ3) is 1.87. The summed E-state index contributed by atoms with van der Waals surface area (Å²) in [5, 5.41) is 4.52. The molecule has 2 aromatic rings. The lowest BCUT2D eigenvalue weighted by molar-refractivity contribution is 0.222. The molecule has 2 heteroatoms. The summed E-state index contributed by atoms with van der Waals surface area (Å²) in [5.74, 6) is 2.55. The Morgan fingerprint density at radius 2 is 2.18 bits per heavy atom. The molecule has 1 heterocycles. The second kappa shape index (κ2) is 4.19. The van der Waals surface area contributed by atoms with E-state index in [1.165, 1.54) is 29.6 Å². The van der Waals surface area contributed by atoms with Crippen LogP contribution < -0.4 is 5.32 Å². The lowest BCUT2D eigenvalue weighted by Gasteiger charge is -2.35. The predicted octanol–water partition coefficient (Wildman–Crippen LogP) is 3.45. The zero-order valence-electron chi connectivity index (χ0n) is 10.5. The molecule has 0 radical (unpaired) electrons. The van der Waals surface area contributed by atoms with E-state index in [1.807, 2.05) is 7.05 Å². The second-order valence-corrected chi connectivity index (χ2v) is 5.19. The monoisotopic (exact) mass is 229 g/mol. The molecule has 2 unspecified atom stereocenters. The van der Waals surface area contributed by atoms with Crippen molar-refractivity contribution in [3.05, 3.63) is 35.6 Å². The van der Waals surface area contributed by atoms with Crippen LogP contribution in [-0.4, -0.2) is 13.6 Å². The molecule has 1 fully saturated rings. The van der Waals surface area contributed by atoms with E-state index in [-0.39, 0.29) is 0 Å². The van der Waals surface area contributed by atoms with Crippen LogP contribution in [0.5, 0.6) is 0 Å². The van der Waals surface area contributed by atoms with Crippen molar-refractivity contribution in [3.63, 3.8) is 0 Å². The van der Waals surface area contributed by atoms with Gasteiger partial charge < -0.3 is 9.73 Å². The Morgan fingerprint density at radius 3 is 2.88 bits per heavy atom. The fraction of sp³-hybridized carbons (Fsp3) is 0.467. The highest BCUT2D eigenvalue weighted by molar-refractivity contribution is 5.78. The molecule has 0 amide bonds. The van der Waals surface area contributed by atoms with Crippen LogP contribution in [0.2, 0.25) is 0 Å². The van der Waals surface area contributed by atoms with Crippen molar-refractivity contribution in [2.45, 2.75) is 25.7 Å². The van der Waals surface area contributed by atoms with E-state index in [1.54, 1.807) is 0 Å². The minimum absolute atomic E-state index is 0.621. The van der Waals surface area contributed by atoms with Gasteiger partial charge in [0.05, 0.1) is 0 Å². The largest absolute Gasteiger partial charge is 0.461 e. The van der Waals surface area contributed by atoms with Gasteiger partial charge in [-0.15, -0.1) is 0 Å². The summed E-state index contributed by atoms with van der Waals surface area (Å²) in [5.41, 5.74) is 2.32. The number of rotatable bonds is 3. The van der Waals surface area contributed by atoms with Gasteiger partial charge in [0.1, 0.15) is 11.3 Å². The van der Waals surface area contributed by atoms with Gasteiger partial charge in [-0.1, -0.05) is 11.6 Å². The maximum Gasteiger partial charge on any atom is 0.134 e. The lowest BCUT2D eigenvalue weighted by Crippen LogP contribution is -2.31. The van der Waals surface area contributed by atoms with Crippen molar-refractivity contribution >= 4 is 11.0 Å². The fourth-order valence-electron chi connectivity index (χ4n) is 2.82. The summed E-state index contributed by atoms with van der Waals surface area (Å²) >= 11 is 0. The summed E-state index contributed by atoms with van der Waals surface area (Å²) in [4.78, 5) is 0. The van der Waals surface area contributed by atoms with Crippen LogP contribution >= 0.6 is 0 Å². The maximum atomic E-state index is 5.98. The molecule has 1 aliphatic carbocycles. The Morgan fingerprint density at radius 1 is 1.29 bits per heavy atom. The SMILES string of the molecule is CNCC1CCC1c1cc2cc(C)ccc2o1. The highest BCUT2D eigenvalue weighted by Gasteiger charge is 2.33. The Hall–Kier alpha value is -1.28. The Balaban J connectivity index is 1.90. The van der Waals surface area contributed by atoms with Crippen LogP contribution in [0, 0.1) is 12.8 Å². The zero-order valence-corrected chi connectivity index (χ0v) is 10.5. The average molecular weight is 229 g/mol. The van der Waals surface area contributed by atoms with Gasteiger partial charge in [-0.05, 0) is 57.5 Å². The van der Waals surface area contributed by atoms with Gasteiger partial charge in [0.25, 0.3) is 0 Å². The molecule has 1 aromatic carbocycles. The fourth-order valence-corrected chi connectivity index (χ4v) is 2.82. The molecule has 1 saturated carbocycles. The number of aryl methyl sites for hydroxylation is 1. The number of nitrogens with one attached hydrogen (secondary N) is 1. The third-order valence-corrected chi connectivity index (χ3v) is 3.94. The summed E-state index contributed by atoms with van der Waals surface area (Å²) in [6, 6.07) is 8.63. The van der Waals surface area contributed by atoms with Gasteiger partial charge in [0.15, 0.2) is 0 Å². The highest BCUT2D eigenvalue weighted by atomic mass is 16.3. The molecule has 0 spiro atoms. The minimum Gasteiger partial charge on any atom is -0.461 e. The highest BCUT2D eigenvalue weighted by Crippen LogP contribution is 2.43. The van der Waals surface area contributed by atoms with Gasteiger partial charge >= 0.3 is 0 Å². The molecule has 17 heavy (non-hydrogen) atoms. The molecule has 0 saturated heterocycles. The molecule has 0 aliphatic heterocycles. The molecule has 1 N–H and O–H groups in total. The standard InChI is InChI=1S/C15H19NO/c1-10-3-6-14-12(7-10)8-15(17-14)13-5-4-11(13)9-16-2/h3,6-8,11,13,16H,4-5,9H2,1-2H3. The van der Waals surface area contributed by atoms with Crippen molar-refractivity contribution in [2.24, 2.45) is 5.92 Å². The topological polar surface area (TPSA) is 25.2 Å². The zero-order chi connectivity index (χ0) is 11.8. The molecule has 2 nitrogen and oxygen atoms in total. The van der Waals surface area contributed by atoms with Crippen LogP contribution in [0.1, 0.15) is 30.1 Å². The first-order chi connectivity index (χ1) is 8.28. The molecule has 0 bridgehead atoms. The number of hydrogen-bond acceptors (Lipinski definition) is 2. The average Bonchev–Trinajstić information content (AvgIpc) is 2.66. The molecular formula is C15H19NO. The summed E-state index contributed by atoms with van der Waals surface area (Å²) < 4.78 is 5.98. The first-order valence-electron chi connectivity index (χ1n) is 6.42. The van der Waals surface area contributed by atoms with E-state index < -0.39 is 0 Å². The Bertz CT molecular complexity index is 529. The van der Waals surface area contributed by atoms with Gasteiger partial charge in [-0.3, -0.25) is 0 Å². The summed E-state index contributed by atoms with van der Waals surface area (Å²) in [6.07, 6.45) is 2.59. The molecule has 1 aromatic heterocycles. The van der Waals surface area contributed by atoms with Gasteiger partial charge in [0.2, 0.25) is 0 Å². The van der Waals surface area contributed by atoms with Crippen LogP contribution in [0.3, 0.4) is 0 Å². The van der Waals surface area contributed by atoms with Gasteiger partial charge in [-0.25, -0.2) is 0 Å². The Labute approximate surface area is 102 Å². The van der Waals surface area contributed by atoms with E-state index in [0.717, 1.165) is 18.0 Å². The van der Waals surface area contributed by atoms with Crippen molar-refractivity contribution in [2.75, 3.05) is 13.6 Å².